The summed E-state index contributed by atoms with van der Waals surface area (Å²) in [5.74, 6) is 1.06. The quantitative estimate of drug-likeness (QED) is 0.782. The van der Waals surface area contributed by atoms with Gasteiger partial charge in [-0.1, -0.05) is 6.07 Å². The van der Waals surface area contributed by atoms with Crippen LogP contribution in [0.3, 0.4) is 0 Å². The van der Waals surface area contributed by atoms with Gasteiger partial charge in [0.25, 0.3) is 5.91 Å². The molecule has 0 saturated heterocycles. The van der Waals surface area contributed by atoms with Crippen molar-refractivity contribution in [2.24, 2.45) is 0 Å². The van der Waals surface area contributed by atoms with E-state index >= 15 is 0 Å². The first-order valence-corrected chi connectivity index (χ1v) is 9.39. The van der Waals surface area contributed by atoms with E-state index < -0.39 is 0 Å². The maximum atomic E-state index is 13.3. The molecule has 2 aromatic rings. The van der Waals surface area contributed by atoms with Crippen LogP contribution in [0, 0.1) is 5.82 Å². The maximum Gasteiger partial charge on any atom is 0.279 e. The Balaban J connectivity index is 1.66. The van der Waals surface area contributed by atoms with Crippen LogP contribution in [0.4, 0.5) is 10.1 Å². The van der Waals surface area contributed by atoms with Crippen molar-refractivity contribution < 1.29 is 23.6 Å². The smallest absolute Gasteiger partial charge is 0.279 e. The van der Waals surface area contributed by atoms with Gasteiger partial charge >= 0.3 is 0 Å². The Morgan fingerprint density at radius 3 is 2.48 bits per heavy atom. The minimum atomic E-state index is -0.361. The minimum absolute atomic E-state index is 0.116. The van der Waals surface area contributed by atoms with Crippen molar-refractivity contribution in [2.45, 2.75) is 26.8 Å². The van der Waals surface area contributed by atoms with E-state index in [4.69, 9.17) is 9.47 Å². The van der Waals surface area contributed by atoms with Crippen LogP contribution in [-0.2, 0) is 17.8 Å². The molecule has 2 aromatic carbocycles. The summed E-state index contributed by atoms with van der Waals surface area (Å²) < 4.78 is 24.7. The molecule has 0 radical (unpaired) electrons. The van der Waals surface area contributed by atoms with Gasteiger partial charge in [-0.25, -0.2) is 4.39 Å². The molecule has 0 fully saturated rings. The molecule has 1 aliphatic heterocycles. The second kappa shape index (κ2) is 8.86. The summed E-state index contributed by atoms with van der Waals surface area (Å²) in [6, 6.07) is 10.0. The highest BCUT2D eigenvalue weighted by molar-refractivity contribution is 5.91. The number of rotatable bonds is 7. The first-order valence-electron chi connectivity index (χ1n) is 9.39. The summed E-state index contributed by atoms with van der Waals surface area (Å²) >= 11 is 0. The van der Waals surface area contributed by atoms with E-state index in [1.54, 1.807) is 12.1 Å². The van der Waals surface area contributed by atoms with Gasteiger partial charge in [0.15, 0.2) is 18.0 Å². The van der Waals surface area contributed by atoms with E-state index in [0.717, 1.165) is 31.0 Å². The lowest BCUT2D eigenvalue weighted by Crippen LogP contribution is -3.12. The third-order valence-corrected chi connectivity index (χ3v) is 4.57. The third kappa shape index (κ3) is 4.98. The summed E-state index contributed by atoms with van der Waals surface area (Å²) in [5, 5.41) is 2.77. The van der Waals surface area contributed by atoms with Crippen molar-refractivity contribution in [3.63, 3.8) is 0 Å². The molecular weight excluding hydrogens is 347 g/mol. The number of nitrogens with one attached hydrogen (secondary N) is 2. The van der Waals surface area contributed by atoms with Gasteiger partial charge < -0.3 is 19.7 Å². The number of amides is 1. The Hall–Kier alpha value is -2.60. The molecule has 2 N–H and O–H groups in total. The van der Waals surface area contributed by atoms with Gasteiger partial charge in [0.2, 0.25) is 0 Å². The van der Waals surface area contributed by atoms with Crippen LogP contribution in [0.25, 0.3) is 0 Å². The zero-order valence-corrected chi connectivity index (χ0v) is 15.8. The number of fused-ring (bicyclic) bond motifs is 1. The minimum Gasteiger partial charge on any atom is -0.490 e. The predicted molar refractivity (Wildman–Crippen MR) is 102 cm³/mol. The Morgan fingerprint density at radius 1 is 1.11 bits per heavy atom. The molecule has 5 nitrogen and oxygen atoms in total. The van der Waals surface area contributed by atoms with Crippen molar-refractivity contribution in [3.8, 4) is 11.5 Å². The van der Waals surface area contributed by atoms with Crippen molar-refractivity contribution in [1.82, 2.24) is 0 Å². The Morgan fingerprint density at radius 2 is 1.81 bits per heavy atom. The molecule has 3 rings (SSSR count). The molecule has 1 amide bonds. The molecule has 0 aromatic heterocycles. The van der Waals surface area contributed by atoms with Gasteiger partial charge in [-0.3, -0.25) is 4.79 Å². The zero-order valence-electron chi connectivity index (χ0n) is 15.8. The second-order valence-corrected chi connectivity index (χ2v) is 6.60. The molecule has 6 heteroatoms. The molecule has 0 saturated carbocycles. The van der Waals surface area contributed by atoms with E-state index in [-0.39, 0.29) is 11.7 Å². The predicted octanol–water partition coefficient (Wildman–Crippen LogP) is 2.20. The zero-order chi connectivity index (χ0) is 19.2. The lowest BCUT2D eigenvalue weighted by molar-refractivity contribution is -0.907. The number of carbonyl (C=O) groups is 1. The van der Waals surface area contributed by atoms with E-state index in [0.29, 0.717) is 25.4 Å². The van der Waals surface area contributed by atoms with Crippen molar-refractivity contribution in [2.75, 3.05) is 31.6 Å². The molecule has 0 bridgehead atoms. The number of hydrogen-bond acceptors (Lipinski definition) is 3. The number of hydrogen-bond donors (Lipinski definition) is 2. The Labute approximate surface area is 159 Å². The van der Waals surface area contributed by atoms with Crippen LogP contribution in [0.2, 0.25) is 0 Å². The molecule has 0 aliphatic carbocycles. The first-order chi connectivity index (χ1) is 13.1. The Bertz CT molecular complexity index is 810. The lowest BCUT2D eigenvalue weighted by atomic mass is 9.98. The molecular formula is C21H26FN2O3+. The van der Waals surface area contributed by atoms with Gasteiger partial charge in [0.05, 0.1) is 19.8 Å². The highest BCUT2D eigenvalue weighted by Crippen LogP contribution is 2.32. The summed E-state index contributed by atoms with van der Waals surface area (Å²) in [5.41, 5.74) is 2.91. The summed E-state index contributed by atoms with van der Waals surface area (Å²) in [6.07, 6.45) is 0.879. The lowest BCUT2D eigenvalue weighted by Gasteiger charge is -2.26. The molecule has 144 valence electrons. The van der Waals surface area contributed by atoms with Gasteiger partial charge in [-0.15, -0.1) is 0 Å². The summed E-state index contributed by atoms with van der Waals surface area (Å²) in [4.78, 5) is 13.5. The molecule has 1 aliphatic rings. The second-order valence-electron chi connectivity index (χ2n) is 6.60. The number of carbonyl (C=O) groups excluding carboxylic acids is 1. The van der Waals surface area contributed by atoms with Gasteiger partial charge in [-0.2, -0.15) is 0 Å². The fraction of sp³-hybridized carbons (Fsp3) is 0.381. The number of benzene rings is 2. The van der Waals surface area contributed by atoms with E-state index in [2.05, 4.69) is 11.4 Å². The van der Waals surface area contributed by atoms with Gasteiger partial charge in [0.1, 0.15) is 12.4 Å². The maximum absolute atomic E-state index is 13.3. The monoisotopic (exact) mass is 373 g/mol. The van der Waals surface area contributed by atoms with Crippen molar-refractivity contribution in [1.29, 1.82) is 0 Å². The van der Waals surface area contributed by atoms with Crippen LogP contribution in [0.1, 0.15) is 25.0 Å². The van der Waals surface area contributed by atoms with Crippen LogP contribution in [-0.4, -0.2) is 32.2 Å². The standard InChI is InChI=1S/C21H25FN2O3/c1-3-26-19-10-15-8-9-24(13-16(15)11-20(19)27-4-2)14-21(25)23-18-7-5-6-17(22)12-18/h5-7,10-12H,3-4,8-9,13-14H2,1-2H3,(H,23,25)/p+1. The third-order valence-electron chi connectivity index (χ3n) is 4.57. The number of quaternary nitrogens is 1. The van der Waals surface area contributed by atoms with E-state index in [1.807, 2.05) is 19.9 Å². The topological polar surface area (TPSA) is 52.0 Å². The normalized spacial score (nSPS) is 15.7. The average Bonchev–Trinajstić information content (AvgIpc) is 2.62. The average molecular weight is 373 g/mol. The number of anilines is 1. The molecule has 1 atom stereocenters. The van der Waals surface area contributed by atoms with Gasteiger partial charge in [0, 0.05) is 17.7 Å². The largest absolute Gasteiger partial charge is 0.490 e. The summed E-state index contributed by atoms with van der Waals surface area (Å²) in [7, 11) is 0. The van der Waals surface area contributed by atoms with Crippen molar-refractivity contribution >= 4 is 11.6 Å². The fourth-order valence-corrected chi connectivity index (χ4v) is 3.40. The van der Waals surface area contributed by atoms with Crippen LogP contribution < -0.4 is 19.7 Å². The van der Waals surface area contributed by atoms with Crippen LogP contribution >= 0.6 is 0 Å². The highest BCUT2D eigenvalue weighted by atomic mass is 19.1. The first kappa shape index (κ1) is 19.2. The SMILES string of the molecule is CCOc1cc2c(cc1OCC)C[NH+](CC(=O)Nc1cccc(F)c1)CC2. The highest BCUT2D eigenvalue weighted by Gasteiger charge is 2.24. The van der Waals surface area contributed by atoms with Crippen LogP contribution in [0.5, 0.6) is 11.5 Å². The fourth-order valence-electron chi connectivity index (χ4n) is 3.40. The van der Waals surface area contributed by atoms with Crippen LogP contribution in [0.15, 0.2) is 36.4 Å². The van der Waals surface area contributed by atoms with Gasteiger partial charge in [-0.05, 0) is 49.7 Å². The Kier molecular flexibility index (Phi) is 6.29. The van der Waals surface area contributed by atoms with E-state index in [9.17, 15) is 9.18 Å². The number of halogens is 1. The summed E-state index contributed by atoms with van der Waals surface area (Å²) in [6.45, 7) is 7.03. The molecule has 27 heavy (non-hydrogen) atoms. The van der Waals surface area contributed by atoms with Crippen molar-refractivity contribution in [3.05, 3.63) is 53.3 Å². The molecule has 1 unspecified atom stereocenters. The molecule has 1 heterocycles. The van der Waals surface area contributed by atoms with E-state index in [1.165, 1.54) is 28.2 Å². The molecule has 0 spiro atoms. The number of ether oxygens (including phenoxy) is 2.